The van der Waals surface area contributed by atoms with E-state index in [1.165, 1.54) is 7.11 Å². The van der Waals surface area contributed by atoms with Gasteiger partial charge in [0.2, 0.25) is 0 Å². The van der Waals surface area contributed by atoms with Gasteiger partial charge in [-0.15, -0.1) is 0 Å². The highest BCUT2D eigenvalue weighted by Crippen LogP contribution is 2.26. The van der Waals surface area contributed by atoms with Crippen molar-refractivity contribution >= 4 is 11.6 Å². The van der Waals surface area contributed by atoms with Crippen molar-refractivity contribution in [2.75, 3.05) is 7.11 Å². The Morgan fingerprint density at radius 3 is 2.11 bits per heavy atom. The molecule has 0 aliphatic carbocycles. The molecule has 19 heavy (non-hydrogen) atoms. The summed E-state index contributed by atoms with van der Waals surface area (Å²) in [7, 11) is 1.53. The van der Waals surface area contributed by atoms with Crippen LogP contribution in [-0.2, 0) is 4.79 Å². The highest BCUT2D eigenvalue weighted by molar-refractivity contribution is 6.10. The lowest BCUT2D eigenvalue weighted by Gasteiger charge is -2.17. The molecular formula is C16H22O3. The molecule has 0 aliphatic heterocycles. The van der Waals surface area contributed by atoms with Crippen molar-refractivity contribution in [1.82, 2.24) is 0 Å². The Balaban J connectivity index is 3.07. The number of benzene rings is 1. The molecule has 0 unspecified atom stereocenters. The quantitative estimate of drug-likeness (QED) is 0.616. The summed E-state index contributed by atoms with van der Waals surface area (Å²) in [5.74, 6) is 0.299. The number of ketones is 2. The Bertz CT molecular complexity index is 507. The summed E-state index contributed by atoms with van der Waals surface area (Å²) in [5.41, 5.74) is 2.08. The highest BCUT2D eigenvalue weighted by atomic mass is 16.5. The first-order valence-corrected chi connectivity index (χ1v) is 6.38. The van der Waals surface area contributed by atoms with Crippen molar-refractivity contribution < 1.29 is 14.3 Å². The molecule has 0 saturated carbocycles. The lowest BCUT2D eigenvalue weighted by Crippen LogP contribution is -2.23. The van der Waals surface area contributed by atoms with E-state index in [9.17, 15) is 9.59 Å². The maximum atomic E-state index is 12.2. The molecule has 0 bridgehead atoms. The number of aryl methyl sites for hydroxylation is 2. The van der Waals surface area contributed by atoms with Crippen molar-refractivity contribution in [3.8, 4) is 5.75 Å². The van der Waals surface area contributed by atoms with E-state index in [1.807, 2.05) is 40.7 Å². The lowest BCUT2D eigenvalue weighted by atomic mass is 9.86. The molecular weight excluding hydrogens is 240 g/mol. The fourth-order valence-electron chi connectivity index (χ4n) is 1.68. The van der Waals surface area contributed by atoms with E-state index in [0.717, 1.165) is 11.1 Å². The number of methoxy groups -OCH3 is 1. The molecule has 0 amide bonds. The van der Waals surface area contributed by atoms with E-state index in [1.54, 1.807) is 6.07 Å². The van der Waals surface area contributed by atoms with Gasteiger partial charge in [-0.2, -0.15) is 0 Å². The molecule has 0 saturated heterocycles. The molecule has 0 atom stereocenters. The summed E-state index contributed by atoms with van der Waals surface area (Å²) >= 11 is 0. The number of hydrogen-bond acceptors (Lipinski definition) is 3. The molecule has 0 N–H and O–H groups in total. The van der Waals surface area contributed by atoms with Gasteiger partial charge in [-0.3, -0.25) is 9.59 Å². The van der Waals surface area contributed by atoms with Crippen LogP contribution < -0.4 is 4.74 Å². The van der Waals surface area contributed by atoms with Crippen LogP contribution in [0, 0.1) is 19.3 Å². The Morgan fingerprint density at radius 1 is 1.11 bits per heavy atom. The van der Waals surface area contributed by atoms with Gasteiger partial charge < -0.3 is 4.74 Å². The smallest absolute Gasteiger partial charge is 0.173 e. The molecule has 3 nitrogen and oxygen atoms in total. The monoisotopic (exact) mass is 262 g/mol. The first-order valence-electron chi connectivity index (χ1n) is 6.38. The van der Waals surface area contributed by atoms with Crippen LogP contribution in [0.15, 0.2) is 12.1 Å². The second kappa shape index (κ2) is 5.55. The fourth-order valence-corrected chi connectivity index (χ4v) is 1.68. The Labute approximate surface area is 115 Å². The van der Waals surface area contributed by atoms with E-state index in [0.29, 0.717) is 11.3 Å². The highest BCUT2D eigenvalue weighted by Gasteiger charge is 2.25. The van der Waals surface area contributed by atoms with Crippen LogP contribution in [-0.4, -0.2) is 18.7 Å². The third-order valence-corrected chi connectivity index (χ3v) is 3.27. The van der Waals surface area contributed by atoms with Crippen LogP contribution >= 0.6 is 0 Å². The minimum atomic E-state index is -0.497. The fraction of sp³-hybridized carbons (Fsp3) is 0.500. The van der Waals surface area contributed by atoms with E-state index < -0.39 is 5.41 Å². The van der Waals surface area contributed by atoms with E-state index in [2.05, 4.69) is 0 Å². The van der Waals surface area contributed by atoms with E-state index >= 15 is 0 Å². The third kappa shape index (κ3) is 3.66. The maximum absolute atomic E-state index is 12.2. The minimum Gasteiger partial charge on any atom is -0.496 e. The topological polar surface area (TPSA) is 43.4 Å². The van der Waals surface area contributed by atoms with Gasteiger partial charge in [0.15, 0.2) is 5.78 Å². The molecule has 0 heterocycles. The van der Waals surface area contributed by atoms with Gasteiger partial charge in [0, 0.05) is 5.41 Å². The van der Waals surface area contributed by atoms with Gasteiger partial charge in [0.25, 0.3) is 0 Å². The normalized spacial score (nSPS) is 11.3. The summed E-state index contributed by atoms with van der Waals surface area (Å²) in [4.78, 5) is 24.2. The van der Waals surface area contributed by atoms with Crippen LogP contribution in [0.5, 0.6) is 5.75 Å². The molecule has 1 aromatic rings. The SMILES string of the molecule is COc1cc(C)c(C)cc1C(=O)CC(=O)C(C)(C)C. The summed E-state index contributed by atoms with van der Waals surface area (Å²) in [6.45, 7) is 9.37. The van der Waals surface area contributed by atoms with Crippen LogP contribution in [0.4, 0.5) is 0 Å². The van der Waals surface area contributed by atoms with Crippen molar-refractivity contribution in [3.05, 3.63) is 28.8 Å². The van der Waals surface area contributed by atoms with Gasteiger partial charge in [-0.1, -0.05) is 20.8 Å². The number of ether oxygens (including phenoxy) is 1. The second-order valence-corrected chi connectivity index (χ2v) is 5.91. The molecule has 0 aliphatic rings. The average Bonchev–Trinajstić information content (AvgIpc) is 2.30. The zero-order chi connectivity index (χ0) is 14.8. The van der Waals surface area contributed by atoms with Gasteiger partial charge in [0.1, 0.15) is 11.5 Å². The first kappa shape index (κ1) is 15.4. The van der Waals surface area contributed by atoms with Gasteiger partial charge in [-0.05, 0) is 37.1 Å². The second-order valence-electron chi connectivity index (χ2n) is 5.91. The number of carbonyl (C=O) groups excluding carboxylic acids is 2. The Hall–Kier alpha value is -1.64. The summed E-state index contributed by atoms with van der Waals surface area (Å²) in [5, 5.41) is 0. The zero-order valence-corrected chi connectivity index (χ0v) is 12.6. The summed E-state index contributed by atoms with van der Waals surface area (Å²) < 4.78 is 5.24. The van der Waals surface area contributed by atoms with Crippen LogP contribution in [0.3, 0.4) is 0 Å². The van der Waals surface area contributed by atoms with Crippen LogP contribution in [0.25, 0.3) is 0 Å². The molecule has 1 aromatic carbocycles. The zero-order valence-electron chi connectivity index (χ0n) is 12.6. The van der Waals surface area contributed by atoms with Gasteiger partial charge in [-0.25, -0.2) is 0 Å². The number of rotatable bonds is 4. The van der Waals surface area contributed by atoms with Crippen molar-refractivity contribution in [1.29, 1.82) is 0 Å². The van der Waals surface area contributed by atoms with Gasteiger partial charge >= 0.3 is 0 Å². The predicted octanol–water partition coefficient (Wildman–Crippen LogP) is 3.50. The molecule has 0 aromatic heterocycles. The lowest BCUT2D eigenvalue weighted by molar-refractivity contribution is -0.125. The molecule has 0 spiro atoms. The molecule has 104 valence electrons. The standard InChI is InChI=1S/C16H22O3/c1-10-7-12(14(19-6)8-11(10)2)13(17)9-15(18)16(3,4)5/h7-8H,9H2,1-6H3. The first-order chi connectivity index (χ1) is 8.66. The van der Waals surface area contributed by atoms with Crippen LogP contribution in [0.1, 0.15) is 48.7 Å². The largest absolute Gasteiger partial charge is 0.496 e. The molecule has 0 radical (unpaired) electrons. The molecule has 3 heteroatoms. The third-order valence-electron chi connectivity index (χ3n) is 3.27. The predicted molar refractivity (Wildman–Crippen MR) is 75.9 cm³/mol. The molecule has 1 rings (SSSR count). The summed E-state index contributed by atoms with van der Waals surface area (Å²) in [6.07, 6.45) is -0.0810. The van der Waals surface area contributed by atoms with E-state index in [4.69, 9.17) is 4.74 Å². The molecule has 0 fully saturated rings. The van der Waals surface area contributed by atoms with Gasteiger partial charge in [0.05, 0.1) is 19.1 Å². The Morgan fingerprint density at radius 2 is 1.63 bits per heavy atom. The van der Waals surface area contributed by atoms with Crippen LogP contribution in [0.2, 0.25) is 0 Å². The maximum Gasteiger partial charge on any atom is 0.173 e. The van der Waals surface area contributed by atoms with Crippen molar-refractivity contribution in [2.45, 2.75) is 41.0 Å². The minimum absolute atomic E-state index is 0.0576. The van der Waals surface area contributed by atoms with Crippen molar-refractivity contribution in [2.24, 2.45) is 5.41 Å². The van der Waals surface area contributed by atoms with Crippen molar-refractivity contribution in [3.63, 3.8) is 0 Å². The summed E-state index contributed by atoms with van der Waals surface area (Å²) in [6, 6.07) is 3.64. The number of Topliss-reactive ketones (excluding diaryl/α,β-unsaturated/α-hetero) is 2. The number of carbonyl (C=O) groups is 2. The van der Waals surface area contributed by atoms with E-state index in [-0.39, 0.29) is 18.0 Å². The Kier molecular flexibility index (Phi) is 4.51. The number of hydrogen-bond donors (Lipinski definition) is 0. The average molecular weight is 262 g/mol.